The molecule has 0 bridgehead atoms. The highest BCUT2D eigenvalue weighted by Crippen LogP contribution is 2.31. The first-order chi connectivity index (χ1) is 4.85. The maximum atomic E-state index is 12.6. The van der Waals surface area contributed by atoms with Crippen LogP contribution in [-0.2, 0) is 9.84 Å². The third kappa shape index (κ3) is 1.55. The second-order valence-electron chi connectivity index (χ2n) is 3.68. The molecule has 2 nitrogen and oxygen atoms in total. The van der Waals surface area contributed by atoms with Gasteiger partial charge in [0, 0.05) is 0 Å². The van der Waals surface area contributed by atoms with E-state index in [9.17, 15) is 12.8 Å². The summed E-state index contributed by atoms with van der Waals surface area (Å²) in [4.78, 5) is 0. The molecule has 1 atom stereocenters. The number of halogens is 1. The summed E-state index contributed by atoms with van der Waals surface area (Å²) in [6.45, 7) is 3.32. The van der Waals surface area contributed by atoms with Crippen LogP contribution >= 0.6 is 0 Å². The zero-order valence-corrected chi connectivity index (χ0v) is 7.62. The Balaban J connectivity index is 2.91. The van der Waals surface area contributed by atoms with Crippen molar-refractivity contribution in [1.82, 2.24) is 0 Å². The highest BCUT2D eigenvalue weighted by Gasteiger charge is 2.40. The monoisotopic (exact) mass is 180 g/mol. The predicted octanol–water partition coefficient (Wildman–Crippen LogP) is 1.31. The lowest BCUT2D eigenvalue weighted by atomic mass is 10.0. The van der Waals surface area contributed by atoms with Crippen molar-refractivity contribution in [2.75, 3.05) is 5.75 Å². The molecule has 0 N–H and O–H groups in total. The van der Waals surface area contributed by atoms with Crippen molar-refractivity contribution in [3.63, 3.8) is 0 Å². The van der Waals surface area contributed by atoms with Gasteiger partial charge in [0.1, 0.15) is 6.17 Å². The van der Waals surface area contributed by atoms with Crippen molar-refractivity contribution in [3.05, 3.63) is 0 Å². The molecule has 0 aromatic carbocycles. The summed E-state index contributed by atoms with van der Waals surface area (Å²) >= 11 is 0. The Morgan fingerprint density at radius 1 is 1.45 bits per heavy atom. The van der Waals surface area contributed by atoms with Crippen LogP contribution in [-0.4, -0.2) is 25.1 Å². The van der Waals surface area contributed by atoms with E-state index < -0.39 is 20.8 Å². The summed E-state index contributed by atoms with van der Waals surface area (Å²) in [7, 11) is -3.19. The minimum absolute atomic E-state index is 0.292. The van der Waals surface area contributed by atoms with Gasteiger partial charge in [-0.1, -0.05) is 0 Å². The predicted molar refractivity (Wildman–Crippen MR) is 42.0 cm³/mol. The number of alkyl halides is 1. The van der Waals surface area contributed by atoms with Crippen molar-refractivity contribution in [3.8, 4) is 0 Å². The summed E-state index contributed by atoms with van der Waals surface area (Å²) in [5, 5.41) is 0. The smallest absolute Gasteiger partial charge is 0.158 e. The van der Waals surface area contributed by atoms with Gasteiger partial charge in [-0.15, -0.1) is 0 Å². The van der Waals surface area contributed by atoms with Crippen LogP contribution in [0.2, 0.25) is 0 Å². The van der Waals surface area contributed by atoms with E-state index in [2.05, 4.69) is 0 Å². The average molecular weight is 180 g/mol. The second kappa shape index (κ2) is 2.44. The number of sulfone groups is 1. The van der Waals surface area contributed by atoms with E-state index in [1.807, 2.05) is 0 Å². The Hall–Kier alpha value is -0.120. The lowest BCUT2D eigenvalue weighted by Gasteiger charge is -2.30. The van der Waals surface area contributed by atoms with Crippen molar-refractivity contribution >= 4 is 9.84 Å². The van der Waals surface area contributed by atoms with Gasteiger partial charge >= 0.3 is 0 Å². The fraction of sp³-hybridized carbons (Fsp3) is 1.00. The van der Waals surface area contributed by atoms with E-state index in [0.29, 0.717) is 12.8 Å². The van der Waals surface area contributed by atoms with Crippen LogP contribution < -0.4 is 0 Å². The standard InChI is InChI=1S/C7H13FO2S/c1-7(2)4-3-6(8)5-11(7,9)10/h6H,3-5H2,1-2H3. The van der Waals surface area contributed by atoms with Gasteiger partial charge in [0.2, 0.25) is 0 Å². The molecule has 1 unspecified atom stereocenters. The minimum atomic E-state index is -3.19. The quantitative estimate of drug-likeness (QED) is 0.563. The summed E-state index contributed by atoms with van der Waals surface area (Å²) in [5.41, 5.74) is 0. The lowest BCUT2D eigenvalue weighted by Crippen LogP contribution is -2.41. The van der Waals surface area contributed by atoms with Crippen LogP contribution in [0.1, 0.15) is 26.7 Å². The van der Waals surface area contributed by atoms with Crippen LogP contribution in [0.5, 0.6) is 0 Å². The van der Waals surface area contributed by atoms with E-state index in [1.54, 1.807) is 13.8 Å². The average Bonchev–Trinajstić information content (AvgIpc) is 1.80. The minimum Gasteiger partial charge on any atom is -0.246 e. The maximum Gasteiger partial charge on any atom is 0.158 e. The van der Waals surface area contributed by atoms with E-state index in [0.717, 1.165) is 0 Å². The van der Waals surface area contributed by atoms with E-state index in [1.165, 1.54) is 0 Å². The van der Waals surface area contributed by atoms with Gasteiger partial charge in [0.25, 0.3) is 0 Å². The molecule has 1 aliphatic heterocycles. The largest absolute Gasteiger partial charge is 0.246 e. The zero-order chi connectivity index (χ0) is 8.70. The van der Waals surface area contributed by atoms with Crippen LogP contribution in [0.3, 0.4) is 0 Å². The van der Waals surface area contributed by atoms with Gasteiger partial charge in [-0.05, 0) is 26.7 Å². The molecule has 0 aliphatic carbocycles. The summed E-state index contributed by atoms with van der Waals surface area (Å²) in [6.07, 6.45) is -0.323. The van der Waals surface area contributed by atoms with Crippen molar-refractivity contribution in [2.24, 2.45) is 0 Å². The molecule has 11 heavy (non-hydrogen) atoms. The number of hydrogen-bond acceptors (Lipinski definition) is 2. The Bertz CT molecular complexity index is 243. The molecule has 0 saturated carbocycles. The molecular formula is C7H13FO2S. The van der Waals surface area contributed by atoms with Gasteiger partial charge in [-0.25, -0.2) is 12.8 Å². The molecule has 1 rings (SSSR count). The topological polar surface area (TPSA) is 34.1 Å². The molecule has 1 aliphatic rings. The normalized spacial score (nSPS) is 35.0. The third-order valence-corrected chi connectivity index (χ3v) is 4.99. The van der Waals surface area contributed by atoms with Crippen molar-refractivity contribution in [2.45, 2.75) is 37.6 Å². The molecule has 0 spiro atoms. The molecule has 1 fully saturated rings. The SMILES string of the molecule is CC1(C)CCC(F)CS1(=O)=O. The summed E-state index contributed by atoms with van der Waals surface area (Å²) in [6, 6.07) is 0. The molecule has 1 heterocycles. The van der Waals surface area contributed by atoms with E-state index in [4.69, 9.17) is 0 Å². The first-order valence-corrected chi connectivity index (χ1v) is 5.37. The molecular weight excluding hydrogens is 167 g/mol. The van der Waals surface area contributed by atoms with Crippen molar-refractivity contribution in [1.29, 1.82) is 0 Å². The van der Waals surface area contributed by atoms with Crippen LogP contribution in [0.4, 0.5) is 4.39 Å². The Morgan fingerprint density at radius 2 is 2.00 bits per heavy atom. The van der Waals surface area contributed by atoms with Crippen LogP contribution in [0, 0.1) is 0 Å². The molecule has 0 radical (unpaired) electrons. The maximum absolute atomic E-state index is 12.6. The van der Waals surface area contributed by atoms with Gasteiger partial charge < -0.3 is 0 Å². The number of rotatable bonds is 0. The van der Waals surface area contributed by atoms with Crippen molar-refractivity contribution < 1.29 is 12.8 Å². The third-order valence-electron chi connectivity index (χ3n) is 2.30. The first kappa shape index (κ1) is 8.97. The highest BCUT2D eigenvalue weighted by molar-refractivity contribution is 7.92. The van der Waals surface area contributed by atoms with E-state index >= 15 is 0 Å². The second-order valence-corrected chi connectivity index (χ2v) is 6.35. The Labute approximate surface area is 66.7 Å². The van der Waals surface area contributed by atoms with Gasteiger partial charge in [0.15, 0.2) is 9.84 Å². The molecule has 4 heteroatoms. The molecule has 1 saturated heterocycles. The zero-order valence-electron chi connectivity index (χ0n) is 6.80. The van der Waals surface area contributed by atoms with E-state index in [-0.39, 0.29) is 5.75 Å². The van der Waals surface area contributed by atoms with Gasteiger partial charge in [-0.2, -0.15) is 0 Å². The Morgan fingerprint density at radius 3 is 2.36 bits per heavy atom. The number of hydrogen-bond donors (Lipinski definition) is 0. The highest BCUT2D eigenvalue weighted by atomic mass is 32.2. The molecule has 0 aromatic heterocycles. The summed E-state index contributed by atoms with van der Waals surface area (Å²) in [5.74, 6) is -0.292. The fourth-order valence-electron chi connectivity index (χ4n) is 1.21. The molecule has 0 aromatic rings. The fourth-order valence-corrected chi connectivity index (χ4v) is 2.73. The van der Waals surface area contributed by atoms with Gasteiger partial charge in [0.05, 0.1) is 10.5 Å². The molecule has 0 amide bonds. The summed E-state index contributed by atoms with van der Waals surface area (Å²) < 4.78 is 34.5. The Kier molecular flexibility index (Phi) is 1.99. The molecule has 66 valence electrons. The first-order valence-electron chi connectivity index (χ1n) is 3.71. The van der Waals surface area contributed by atoms with Gasteiger partial charge in [-0.3, -0.25) is 0 Å². The van der Waals surface area contributed by atoms with Crippen LogP contribution in [0.25, 0.3) is 0 Å². The van der Waals surface area contributed by atoms with Crippen LogP contribution in [0.15, 0.2) is 0 Å². The lowest BCUT2D eigenvalue weighted by molar-refractivity contribution is 0.304.